The second-order valence-electron chi connectivity index (χ2n) is 5.66. The number of hydrogen-bond acceptors (Lipinski definition) is 4. The lowest BCUT2D eigenvalue weighted by molar-refractivity contribution is 0.0999. The molecule has 114 valence electrons. The molecule has 0 bridgehead atoms. The number of nitrogens with two attached hydrogens (primary N) is 2. The second kappa shape index (κ2) is 6.58. The summed E-state index contributed by atoms with van der Waals surface area (Å²) in [4.78, 5) is 24.9. The highest BCUT2D eigenvalue weighted by Crippen LogP contribution is 2.19. The van der Waals surface area contributed by atoms with Crippen LogP contribution in [0.5, 0.6) is 0 Å². The molecule has 0 aliphatic carbocycles. The quantitative estimate of drug-likeness (QED) is 0.740. The van der Waals surface area contributed by atoms with E-state index >= 15 is 0 Å². The second-order valence-corrected chi connectivity index (χ2v) is 5.66. The zero-order valence-electron chi connectivity index (χ0n) is 12.3. The molecule has 0 spiro atoms. The Hall–Kier alpha value is -2.08. The molecule has 1 saturated heterocycles. The Bertz CT molecular complexity index is 504. The Balaban J connectivity index is 2.05. The summed E-state index contributed by atoms with van der Waals surface area (Å²) in [6.07, 6.45) is 2.28. The van der Waals surface area contributed by atoms with E-state index in [4.69, 9.17) is 11.5 Å². The SMILES string of the molecule is CN1CCC(CNc2cc(C(N)=O)cc(C(N)=O)c2)CC1. The fraction of sp³-hybridized carbons (Fsp3) is 0.467. The number of hydrogen-bond donors (Lipinski definition) is 3. The van der Waals surface area contributed by atoms with Crippen LogP contribution in [0.15, 0.2) is 18.2 Å². The van der Waals surface area contributed by atoms with E-state index in [-0.39, 0.29) is 11.1 Å². The molecule has 1 aromatic carbocycles. The van der Waals surface area contributed by atoms with Gasteiger partial charge in [0.2, 0.25) is 11.8 Å². The minimum absolute atomic E-state index is 0.289. The highest BCUT2D eigenvalue weighted by Gasteiger charge is 2.16. The van der Waals surface area contributed by atoms with Crippen LogP contribution in [0, 0.1) is 5.92 Å². The Morgan fingerprint density at radius 2 is 1.67 bits per heavy atom. The Labute approximate surface area is 124 Å². The summed E-state index contributed by atoms with van der Waals surface area (Å²) < 4.78 is 0. The van der Waals surface area contributed by atoms with Gasteiger partial charge in [-0.05, 0) is 57.1 Å². The standard InChI is InChI=1S/C15H22N4O2/c1-19-4-2-10(3-5-19)9-18-13-7-11(14(16)20)6-12(8-13)15(17)21/h6-8,10,18H,2-5,9H2,1H3,(H2,16,20)(H2,17,21). The van der Waals surface area contributed by atoms with E-state index in [1.165, 1.54) is 6.07 Å². The maximum absolute atomic E-state index is 11.3. The van der Waals surface area contributed by atoms with Crippen LogP contribution in [0.1, 0.15) is 33.6 Å². The van der Waals surface area contributed by atoms with Gasteiger partial charge >= 0.3 is 0 Å². The molecule has 6 heteroatoms. The molecule has 2 rings (SSSR count). The molecule has 0 unspecified atom stereocenters. The molecular weight excluding hydrogens is 268 g/mol. The zero-order valence-corrected chi connectivity index (χ0v) is 12.3. The van der Waals surface area contributed by atoms with E-state index in [0.717, 1.165) is 32.5 Å². The number of nitrogens with zero attached hydrogens (tertiary/aromatic N) is 1. The maximum Gasteiger partial charge on any atom is 0.248 e. The lowest BCUT2D eigenvalue weighted by atomic mass is 9.97. The van der Waals surface area contributed by atoms with Gasteiger partial charge < -0.3 is 21.7 Å². The van der Waals surface area contributed by atoms with Crippen molar-refractivity contribution in [1.29, 1.82) is 0 Å². The number of primary amides is 2. The Morgan fingerprint density at radius 3 is 2.14 bits per heavy atom. The van der Waals surface area contributed by atoms with E-state index in [1.807, 2.05) is 0 Å². The van der Waals surface area contributed by atoms with Crippen LogP contribution in [0.2, 0.25) is 0 Å². The van der Waals surface area contributed by atoms with Crippen molar-refractivity contribution in [2.45, 2.75) is 12.8 Å². The summed E-state index contributed by atoms with van der Waals surface area (Å²) >= 11 is 0. The Kier molecular flexibility index (Phi) is 4.80. The molecule has 1 aliphatic rings. The van der Waals surface area contributed by atoms with E-state index in [9.17, 15) is 9.59 Å². The summed E-state index contributed by atoms with van der Waals surface area (Å²) in [6.45, 7) is 3.01. The smallest absolute Gasteiger partial charge is 0.248 e. The first-order chi connectivity index (χ1) is 9.95. The molecule has 1 aromatic rings. The van der Waals surface area contributed by atoms with Crippen molar-refractivity contribution < 1.29 is 9.59 Å². The molecule has 5 N–H and O–H groups in total. The number of nitrogens with one attached hydrogen (secondary N) is 1. The molecule has 0 radical (unpaired) electrons. The predicted octanol–water partition coefficient (Wildman–Crippen LogP) is 0.638. The van der Waals surface area contributed by atoms with Crippen molar-refractivity contribution in [2.24, 2.45) is 17.4 Å². The summed E-state index contributed by atoms with van der Waals surface area (Å²) in [5, 5.41) is 3.29. The summed E-state index contributed by atoms with van der Waals surface area (Å²) in [5.74, 6) is -0.545. The van der Waals surface area contributed by atoms with Crippen molar-refractivity contribution in [3.63, 3.8) is 0 Å². The summed E-state index contributed by atoms with van der Waals surface area (Å²) in [5.41, 5.74) is 11.8. The van der Waals surface area contributed by atoms with Crippen LogP contribution in [0.4, 0.5) is 5.69 Å². The third-order valence-electron chi connectivity index (χ3n) is 3.94. The highest BCUT2D eigenvalue weighted by molar-refractivity contribution is 5.99. The topological polar surface area (TPSA) is 101 Å². The lowest BCUT2D eigenvalue weighted by Crippen LogP contribution is -2.33. The average molecular weight is 290 g/mol. The van der Waals surface area contributed by atoms with Gasteiger partial charge in [-0.1, -0.05) is 0 Å². The predicted molar refractivity (Wildman–Crippen MR) is 82.2 cm³/mol. The van der Waals surface area contributed by atoms with Gasteiger partial charge in [-0.15, -0.1) is 0 Å². The van der Waals surface area contributed by atoms with Crippen LogP contribution in [-0.4, -0.2) is 43.4 Å². The summed E-state index contributed by atoms with van der Waals surface area (Å²) in [7, 11) is 2.12. The first-order valence-electron chi connectivity index (χ1n) is 7.13. The fourth-order valence-electron chi connectivity index (χ4n) is 2.54. The van der Waals surface area contributed by atoms with Crippen molar-refractivity contribution in [2.75, 3.05) is 32.0 Å². The largest absolute Gasteiger partial charge is 0.385 e. The third-order valence-corrected chi connectivity index (χ3v) is 3.94. The first kappa shape index (κ1) is 15.3. The van der Waals surface area contributed by atoms with E-state index in [2.05, 4.69) is 17.3 Å². The Morgan fingerprint density at radius 1 is 1.14 bits per heavy atom. The van der Waals surface area contributed by atoms with Gasteiger partial charge in [0.15, 0.2) is 0 Å². The monoisotopic (exact) mass is 290 g/mol. The van der Waals surface area contributed by atoms with Gasteiger partial charge in [0.25, 0.3) is 0 Å². The molecular formula is C15H22N4O2. The van der Waals surface area contributed by atoms with Crippen LogP contribution < -0.4 is 16.8 Å². The van der Waals surface area contributed by atoms with Crippen molar-refractivity contribution in [3.05, 3.63) is 29.3 Å². The average Bonchev–Trinajstić information content (AvgIpc) is 2.46. The van der Waals surface area contributed by atoms with Crippen molar-refractivity contribution in [3.8, 4) is 0 Å². The molecule has 0 atom stereocenters. The van der Waals surface area contributed by atoms with Gasteiger partial charge in [-0.3, -0.25) is 9.59 Å². The number of rotatable bonds is 5. The number of carbonyl (C=O) groups is 2. The van der Waals surface area contributed by atoms with Gasteiger partial charge in [0, 0.05) is 23.4 Å². The van der Waals surface area contributed by atoms with Crippen molar-refractivity contribution in [1.82, 2.24) is 4.90 Å². The fourth-order valence-corrected chi connectivity index (χ4v) is 2.54. The zero-order chi connectivity index (χ0) is 15.4. The normalized spacial score (nSPS) is 16.6. The maximum atomic E-state index is 11.3. The van der Waals surface area contributed by atoms with Gasteiger partial charge in [-0.25, -0.2) is 0 Å². The number of amides is 2. The minimum Gasteiger partial charge on any atom is -0.385 e. The van der Waals surface area contributed by atoms with Crippen molar-refractivity contribution >= 4 is 17.5 Å². The number of benzene rings is 1. The van der Waals surface area contributed by atoms with Crippen LogP contribution >= 0.6 is 0 Å². The molecule has 1 heterocycles. The number of piperidine rings is 1. The summed E-state index contributed by atoms with van der Waals surface area (Å²) in [6, 6.07) is 4.73. The lowest BCUT2D eigenvalue weighted by Gasteiger charge is -2.29. The van der Waals surface area contributed by atoms with Crippen LogP contribution in [0.25, 0.3) is 0 Å². The number of likely N-dealkylation sites (tertiary alicyclic amines) is 1. The molecule has 0 saturated carbocycles. The minimum atomic E-state index is -0.569. The molecule has 2 amide bonds. The van der Waals surface area contributed by atoms with E-state index in [1.54, 1.807) is 12.1 Å². The number of anilines is 1. The molecule has 0 aromatic heterocycles. The van der Waals surface area contributed by atoms with Crippen LogP contribution in [0.3, 0.4) is 0 Å². The molecule has 6 nitrogen and oxygen atoms in total. The molecule has 21 heavy (non-hydrogen) atoms. The molecule has 1 aliphatic heterocycles. The van der Waals surface area contributed by atoms with Gasteiger partial charge in [0.05, 0.1) is 0 Å². The highest BCUT2D eigenvalue weighted by atomic mass is 16.1. The van der Waals surface area contributed by atoms with Gasteiger partial charge in [-0.2, -0.15) is 0 Å². The van der Waals surface area contributed by atoms with E-state index in [0.29, 0.717) is 11.6 Å². The first-order valence-corrected chi connectivity index (χ1v) is 7.13. The number of carbonyl (C=O) groups excluding carboxylic acids is 2. The van der Waals surface area contributed by atoms with E-state index < -0.39 is 11.8 Å². The third kappa shape index (κ3) is 4.19. The van der Waals surface area contributed by atoms with Crippen LogP contribution in [-0.2, 0) is 0 Å². The van der Waals surface area contributed by atoms with Gasteiger partial charge in [0.1, 0.15) is 0 Å². The molecule has 1 fully saturated rings.